The Labute approximate surface area is 117 Å². The van der Waals surface area contributed by atoms with Crippen molar-refractivity contribution in [3.05, 3.63) is 24.3 Å². The third kappa shape index (κ3) is 3.08. The quantitative estimate of drug-likeness (QED) is 0.854. The molecule has 0 bridgehead atoms. The summed E-state index contributed by atoms with van der Waals surface area (Å²) in [6, 6.07) is 7.14. The van der Waals surface area contributed by atoms with Gasteiger partial charge in [0, 0.05) is 6.04 Å². The van der Waals surface area contributed by atoms with Gasteiger partial charge in [0.1, 0.15) is 5.75 Å². The molecule has 1 aliphatic heterocycles. The predicted molar refractivity (Wildman–Crippen MR) is 74.0 cm³/mol. The lowest BCUT2D eigenvalue weighted by Crippen LogP contribution is -2.50. The maximum atomic E-state index is 12.2. The van der Waals surface area contributed by atoms with Crippen LogP contribution >= 0.6 is 0 Å². The van der Waals surface area contributed by atoms with Crippen LogP contribution in [0.5, 0.6) is 5.75 Å². The number of hydrogen-bond donors (Lipinski definition) is 2. The second-order valence-corrected chi connectivity index (χ2v) is 4.95. The van der Waals surface area contributed by atoms with Gasteiger partial charge >= 0.3 is 5.97 Å². The first-order valence-corrected chi connectivity index (χ1v) is 6.51. The van der Waals surface area contributed by atoms with Gasteiger partial charge in [-0.05, 0) is 12.1 Å². The van der Waals surface area contributed by atoms with Crippen molar-refractivity contribution in [2.24, 2.45) is 0 Å². The first-order valence-electron chi connectivity index (χ1n) is 6.51. The molecule has 0 saturated carbocycles. The molecule has 1 aliphatic rings. The zero-order chi connectivity index (χ0) is 14.7. The Kier molecular flexibility index (Phi) is 4.24. The van der Waals surface area contributed by atoms with Crippen molar-refractivity contribution in [3.63, 3.8) is 0 Å². The predicted octanol–water partition coefficient (Wildman–Crippen LogP) is 0.863. The molecule has 6 heteroatoms. The van der Waals surface area contributed by atoms with Crippen molar-refractivity contribution in [2.45, 2.75) is 26.0 Å². The normalized spacial score (nSPS) is 17.6. The molecule has 1 atom stereocenters. The van der Waals surface area contributed by atoms with Crippen molar-refractivity contribution in [3.8, 4) is 5.75 Å². The van der Waals surface area contributed by atoms with E-state index in [1.54, 1.807) is 24.3 Å². The SMILES string of the molecule is CC(C)NCC(=O)N1CC(C(=O)O)Oc2ccccc21. The molecule has 108 valence electrons. The number of fused-ring (bicyclic) bond motifs is 1. The Morgan fingerprint density at radius 2 is 2.15 bits per heavy atom. The standard InChI is InChI=1S/C14H18N2O4/c1-9(2)15-7-13(17)16-8-12(14(18)19)20-11-6-4-3-5-10(11)16/h3-6,9,12,15H,7-8H2,1-2H3,(H,18,19). The zero-order valence-electron chi connectivity index (χ0n) is 11.5. The van der Waals surface area contributed by atoms with E-state index in [9.17, 15) is 9.59 Å². The molecular weight excluding hydrogens is 260 g/mol. The minimum atomic E-state index is -1.07. The number of aliphatic carboxylic acids is 1. The summed E-state index contributed by atoms with van der Waals surface area (Å²) in [4.78, 5) is 24.8. The van der Waals surface area contributed by atoms with Crippen LogP contribution in [0.2, 0.25) is 0 Å². The van der Waals surface area contributed by atoms with E-state index in [4.69, 9.17) is 9.84 Å². The fourth-order valence-electron chi connectivity index (χ4n) is 1.99. The number of carbonyl (C=O) groups excluding carboxylic acids is 1. The number of hydrogen-bond acceptors (Lipinski definition) is 4. The molecule has 6 nitrogen and oxygen atoms in total. The van der Waals surface area contributed by atoms with Gasteiger partial charge in [-0.15, -0.1) is 0 Å². The van der Waals surface area contributed by atoms with E-state index in [1.165, 1.54) is 4.90 Å². The van der Waals surface area contributed by atoms with Gasteiger partial charge in [0.25, 0.3) is 0 Å². The minimum absolute atomic E-state index is 0.0188. The number of amides is 1. The van der Waals surface area contributed by atoms with E-state index >= 15 is 0 Å². The summed E-state index contributed by atoms with van der Waals surface area (Å²) >= 11 is 0. The lowest BCUT2D eigenvalue weighted by atomic mass is 10.2. The first-order chi connectivity index (χ1) is 9.49. The second-order valence-electron chi connectivity index (χ2n) is 4.95. The molecule has 0 saturated heterocycles. The Morgan fingerprint density at radius 3 is 2.80 bits per heavy atom. The van der Waals surface area contributed by atoms with Crippen LogP contribution in [0.15, 0.2) is 24.3 Å². The zero-order valence-corrected chi connectivity index (χ0v) is 11.5. The summed E-state index contributed by atoms with van der Waals surface area (Å²) in [5.74, 6) is -0.820. The van der Waals surface area contributed by atoms with Crippen LogP contribution in [-0.4, -0.2) is 42.2 Å². The highest BCUT2D eigenvalue weighted by Crippen LogP contribution is 2.33. The van der Waals surface area contributed by atoms with E-state index in [1.807, 2.05) is 13.8 Å². The summed E-state index contributed by atoms with van der Waals surface area (Å²) in [7, 11) is 0. The molecule has 1 aromatic carbocycles. The number of nitrogens with zero attached hydrogens (tertiary/aromatic N) is 1. The summed E-state index contributed by atoms with van der Waals surface area (Å²) < 4.78 is 5.39. The average Bonchev–Trinajstić information content (AvgIpc) is 2.43. The average molecular weight is 278 g/mol. The highest BCUT2D eigenvalue weighted by Gasteiger charge is 2.33. The molecule has 20 heavy (non-hydrogen) atoms. The van der Waals surface area contributed by atoms with Gasteiger partial charge in [-0.3, -0.25) is 4.79 Å². The number of carboxylic acid groups (broad SMARTS) is 1. The molecule has 0 aromatic heterocycles. The van der Waals surface area contributed by atoms with Gasteiger partial charge in [-0.25, -0.2) is 4.79 Å². The number of carbonyl (C=O) groups is 2. The summed E-state index contributed by atoms with van der Waals surface area (Å²) in [6.07, 6.45) is -1.03. The Balaban J connectivity index is 2.22. The number of para-hydroxylation sites is 2. The second kappa shape index (κ2) is 5.92. The van der Waals surface area contributed by atoms with Crippen LogP contribution in [0, 0.1) is 0 Å². The summed E-state index contributed by atoms with van der Waals surface area (Å²) in [5, 5.41) is 12.1. The van der Waals surface area contributed by atoms with Crippen molar-refractivity contribution in [2.75, 3.05) is 18.0 Å². The number of rotatable bonds is 4. The number of ether oxygens (including phenoxy) is 1. The lowest BCUT2D eigenvalue weighted by molar-refractivity contribution is -0.145. The van der Waals surface area contributed by atoms with Gasteiger partial charge in [-0.1, -0.05) is 26.0 Å². The highest BCUT2D eigenvalue weighted by molar-refractivity contribution is 5.97. The Bertz CT molecular complexity index is 516. The number of carboxylic acids is 1. The fraction of sp³-hybridized carbons (Fsp3) is 0.429. The molecule has 1 heterocycles. The maximum absolute atomic E-state index is 12.2. The largest absolute Gasteiger partial charge is 0.478 e. The van der Waals surface area contributed by atoms with Gasteiger partial charge in [0.05, 0.1) is 18.8 Å². The van der Waals surface area contributed by atoms with E-state index in [0.717, 1.165) is 0 Å². The van der Waals surface area contributed by atoms with Crippen LogP contribution in [0.25, 0.3) is 0 Å². The molecule has 2 N–H and O–H groups in total. The van der Waals surface area contributed by atoms with Crippen molar-refractivity contribution < 1.29 is 19.4 Å². The topological polar surface area (TPSA) is 78.9 Å². The smallest absolute Gasteiger partial charge is 0.346 e. The van der Waals surface area contributed by atoms with Crippen LogP contribution < -0.4 is 15.0 Å². The van der Waals surface area contributed by atoms with Gasteiger partial charge in [0.15, 0.2) is 0 Å². The molecule has 0 radical (unpaired) electrons. The molecule has 1 aromatic rings. The molecule has 2 rings (SSSR count). The van der Waals surface area contributed by atoms with Crippen molar-refractivity contribution in [1.82, 2.24) is 5.32 Å². The van der Waals surface area contributed by atoms with E-state index < -0.39 is 12.1 Å². The van der Waals surface area contributed by atoms with Gasteiger partial charge in [0.2, 0.25) is 12.0 Å². The maximum Gasteiger partial charge on any atom is 0.346 e. The first kappa shape index (κ1) is 14.3. The molecular formula is C14H18N2O4. The third-order valence-corrected chi connectivity index (χ3v) is 3.01. The van der Waals surface area contributed by atoms with E-state index in [2.05, 4.69) is 5.32 Å². The van der Waals surface area contributed by atoms with E-state index in [-0.39, 0.29) is 25.0 Å². The highest BCUT2D eigenvalue weighted by atomic mass is 16.5. The van der Waals surface area contributed by atoms with Gasteiger partial charge < -0.3 is 20.1 Å². The number of anilines is 1. The molecule has 1 amide bonds. The molecule has 0 spiro atoms. The van der Waals surface area contributed by atoms with Crippen LogP contribution in [0.1, 0.15) is 13.8 Å². The molecule has 0 aliphatic carbocycles. The minimum Gasteiger partial charge on any atom is -0.478 e. The molecule has 0 fully saturated rings. The van der Waals surface area contributed by atoms with E-state index in [0.29, 0.717) is 11.4 Å². The lowest BCUT2D eigenvalue weighted by Gasteiger charge is -2.33. The number of benzene rings is 1. The van der Waals surface area contributed by atoms with Gasteiger partial charge in [-0.2, -0.15) is 0 Å². The van der Waals surface area contributed by atoms with Crippen LogP contribution in [0.3, 0.4) is 0 Å². The Hall–Kier alpha value is -2.08. The summed E-state index contributed by atoms with van der Waals surface area (Å²) in [6.45, 7) is 4.07. The van der Waals surface area contributed by atoms with Crippen LogP contribution in [0.4, 0.5) is 5.69 Å². The van der Waals surface area contributed by atoms with Crippen molar-refractivity contribution >= 4 is 17.6 Å². The summed E-state index contributed by atoms with van der Waals surface area (Å²) in [5.41, 5.74) is 0.612. The molecule has 1 unspecified atom stereocenters. The van der Waals surface area contributed by atoms with Crippen LogP contribution in [-0.2, 0) is 9.59 Å². The monoisotopic (exact) mass is 278 g/mol. The fourth-order valence-corrected chi connectivity index (χ4v) is 1.99. The van der Waals surface area contributed by atoms with Crippen molar-refractivity contribution in [1.29, 1.82) is 0 Å². The Morgan fingerprint density at radius 1 is 1.45 bits per heavy atom. The third-order valence-electron chi connectivity index (χ3n) is 3.01. The number of nitrogens with one attached hydrogen (secondary N) is 1.